The number of aromatic amines is 1. The Labute approximate surface area is 220 Å². The Hall–Kier alpha value is -4.29. The third-order valence-electron chi connectivity index (χ3n) is 6.43. The van der Waals surface area contributed by atoms with E-state index in [1.807, 2.05) is 24.3 Å². The molecular formula is C26H25FN6O4S. The molecule has 196 valence electrons. The van der Waals surface area contributed by atoms with Gasteiger partial charge in [-0.2, -0.15) is 4.37 Å². The molecule has 3 amide bonds. The normalized spacial score (nSPS) is 15.9. The van der Waals surface area contributed by atoms with Gasteiger partial charge in [-0.25, -0.2) is 4.39 Å². The first-order valence-corrected chi connectivity index (χ1v) is 12.7. The summed E-state index contributed by atoms with van der Waals surface area (Å²) in [7, 11) is 0. The average Bonchev–Trinajstić information content (AvgIpc) is 3.66. The Morgan fingerprint density at radius 3 is 2.66 bits per heavy atom. The number of ether oxygens (including phenoxy) is 1. The number of rotatable bonds is 8. The number of carbonyl (C=O) groups is 3. The molecule has 3 heterocycles. The van der Waals surface area contributed by atoms with E-state index >= 15 is 0 Å². The number of fused-ring (bicyclic) bond motifs is 1. The quantitative estimate of drug-likeness (QED) is 0.271. The van der Waals surface area contributed by atoms with Gasteiger partial charge in [0.1, 0.15) is 16.7 Å². The fraction of sp³-hybridized carbons (Fsp3) is 0.231. The maximum atomic E-state index is 14.1. The van der Waals surface area contributed by atoms with Crippen LogP contribution in [0.3, 0.4) is 0 Å². The van der Waals surface area contributed by atoms with Crippen molar-refractivity contribution in [1.82, 2.24) is 14.7 Å². The number of hydrogen-bond donors (Lipinski definition) is 4. The first-order valence-electron chi connectivity index (χ1n) is 11.9. The van der Waals surface area contributed by atoms with Gasteiger partial charge in [0.05, 0.1) is 11.8 Å². The van der Waals surface area contributed by atoms with Crippen LogP contribution in [0.1, 0.15) is 44.6 Å². The van der Waals surface area contributed by atoms with Crippen LogP contribution in [0.15, 0.2) is 54.7 Å². The van der Waals surface area contributed by atoms with Crippen LogP contribution in [0.2, 0.25) is 0 Å². The molecule has 0 saturated carbocycles. The Morgan fingerprint density at radius 1 is 1.21 bits per heavy atom. The lowest BCUT2D eigenvalue weighted by molar-refractivity contribution is -0.123. The molecule has 6 N–H and O–H groups in total. The second-order valence-corrected chi connectivity index (χ2v) is 9.64. The molecule has 2 aromatic carbocycles. The largest absolute Gasteiger partial charge is 0.395 e. The van der Waals surface area contributed by atoms with Crippen molar-refractivity contribution in [2.24, 2.45) is 5.73 Å². The van der Waals surface area contributed by atoms with Gasteiger partial charge in [0.25, 0.3) is 11.8 Å². The number of aromatic nitrogens is 2. The second-order valence-electron chi connectivity index (χ2n) is 8.86. The van der Waals surface area contributed by atoms with Gasteiger partial charge in [0.15, 0.2) is 5.69 Å². The third-order valence-corrected chi connectivity index (χ3v) is 7.28. The van der Waals surface area contributed by atoms with Gasteiger partial charge in [0, 0.05) is 41.5 Å². The summed E-state index contributed by atoms with van der Waals surface area (Å²) < 4.78 is 23.5. The first-order chi connectivity index (χ1) is 18.3. The van der Waals surface area contributed by atoms with Gasteiger partial charge in [-0.3, -0.25) is 19.3 Å². The topological polar surface area (TPSA) is 156 Å². The van der Waals surface area contributed by atoms with E-state index in [0.29, 0.717) is 23.7 Å². The summed E-state index contributed by atoms with van der Waals surface area (Å²) in [5.74, 6) is -2.56. The van der Waals surface area contributed by atoms with E-state index in [9.17, 15) is 18.8 Å². The van der Waals surface area contributed by atoms with E-state index in [0.717, 1.165) is 23.7 Å². The van der Waals surface area contributed by atoms with Crippen molar-refractivity contribution < 1.29 is 23.5 Å². The van der Waals surface area contributed by atoms with Crippen molar-refractivity contribution in [1.29, 1.82) is 0 Å². The number of carbonyl (C=O) groups excluding carboxylic acids is 3. The smallest absolute Gasteiger partial charge is 0.273 e. The third kappa shape index (κ3) is 4.83. The summed E-state index contributed by atoms with van der Waals surface area (Å²) in [6.45, 7) is 0.886. The summed E-state index contributed by atoms with van der Waals surface area (Å²) in [5, 5.41) is 3.64. The lowest BCUT2D eigenvalue weighted by atomic mass is 10.0. The molecule has 0 radical (unpaired) electrons. The fourth-order valence-corrected chi connectivity index (χ4v) is 5.30. The maximum absolute atomic E-state index is 14.1. The summed E-state index contributed by atoms with van der Waals surface area (Å²) >= 11 is 0.702. The average molecular weight is 537 g/mol. The molecule has 1 fully saturated rings. The Bertz CT molecular complexity index is 1500. The van der Waals surface area contributed by atoms with Crippen molar-refractivity contribution in [2.45, 2.75) is 25.0 Å². The SMILES string of the molecule is NC(=O)c1nsc(C(=O)N(c2ccc(F)cc2)[C@H](C(=O)NC[C@H]2CCCO2)c2c[nH]c3ccccc23)c1N. The van der Waals surface area contributed by atoms with Crippen molar-refractivity contribution >= 4 is 51.5 Å². The standard InChI is InChI=1S/C26H25FN6O4S/c27-14-7-9-15(10-8-14)33(26(36)23-20(28)21(24(29)34)32-38-23)22(25(35)31-12-16-4-3-11-37-16)18-13-30-19-6-2-1-5-17(18)19/h1-2,5-10,13,16,22,30H,3-4,11-12,28H2,(H2,29,34)(H,31,35)/t16-,22+/m1/s1. The number of nitrogen functional groups attached to an aromatic ring is 1. The van der Waals surface area contributed by atoms with Gasteiger partial charge >= 0.3 is 0 Å². The van der Waals surface area contributed by atoms with Gasteiger partial charge in [0.2, 0.25) is 5.91 Å². The van der Waals surface area contributed by atoms with Crippen LogP contribution in [0.4, 0.5) is 15.8 Å². The number of nitrogens with zero attached hydrogens (tertiary/aromatic N) is 2. The zero-order valence-electron chi connectivity index (χ0n) is 20.1. The van der Waals surface area contributed by atoms with Crippen molar-refractivity contribution in [3.63, 3.8) is 0 Å². The predicted molar refractivity (Wildman–Crippen MR) is 141 cm³/mol. The van der Waals surface area contributed by atoms with Crippen LogP contribution >= 0.6 is 11.5 Å². The molecule has 12 heteroatoms. The van der Waals surface area contributed by atoms with E-state index in [-0.39, 0.29) is 34.6 Å². The molecule has 4 aromatic rings. The second kappa shape index (κ2) is 10.6. The number of H-pyrrole nitrogens is 1. The zero-order valence-corrected chi connectivity index (χ0v) is 21.0. The summed E-state index contributed by atoms with van der Waals surface area (Å²) in [6.07, 6.45) is 3.24. The molecular weight excluding hydrogens is 511 g/mol. The van der Waals surface area contributed by atoms with Crippen LogP contribution in [0, 0.1) is 5.82 Å². The lowest BCUT2D eigenvalue weighted by Crippen LogP contribution is -2.45. The molecule has 0 bridgehead atoms. The summed E-state index contributed by atoms with van der Waals surface area (Å²) in [5.41, 5.74) is 12.6. The fourth-order valence-electron chi connectivity index (χ4n) is 4.56. The maximum Gasteiger partial charge on any atom is 0.273 e. The minimum Gasteiger partial charge on any atom is -0.395 e. The predicted octanol–water partition coefficient (Wildman–Crippen LogP) is 3.13. The molecule has 0 aliphatic carbocycles. The molecule has 1 saturated heterocycles. The van der Waals surface area contributed by atoms with E-state index in [1.165, 1.54) is 29.2 Å². The highest BCUT2D eigenvalue weighted by Crippen LogP contribution is 2.36. The molecule has 1 aliphatic heterocycles. The minimum absolute atomic E-state index is 0.0695. The van der Waals surface area contributed by atoms with Crippen molar-refractivity contribution in [3.8, 4) is 0 Å². The highest BCUT2D eigenvalue weighted by Gasteiger charge is 2.37. The van der Waals surface area contributed by atoms with E-state index < -0.39 is 29.6 Å². The van der Waals surface area contributed by atoms with Crippen molar-refractivity contribution in [3.05, 3.63) is 76.7 Å². The lowest BCUT2D eigenvalue weighted by Gasteiger charge is -2.31. The first kappa shape index (κ1) is 25.4. The number of amides is 3. The van der Waals surface area contributed by atoms with E-state index in [2.05, 4.69) is 14.7 Å². The summed E-state index contributed by atoms with van der Waals surface area (Å²) in [4.78, 5) is 44.0. The monoisotopic (exact) mass is 536 g/mol. The Morgan fingerprint density at radius 2 is 1.97 bits per heavy atom. The number of primary amides is 1. The Kier molecular flexibility index (Phi) is 7.07. The zero-order chi connectivity index (χ0) is 26.8. The number of anilines is 2. The van der Waals surface area contributed by atoms with Crippen LogP contribution < -0.4 is 21.7 Å². The molecule has 0 spiro atoms. The molecule has 0 unspecified atom stereocenters. The molecule has 2 atom stereocenters. The molecule has 1 aliphatic rings. The Balaban J connectivity index is 1.64. The number of hydrogen-bond acceptors (Lipinski definition) is 7. The number of para-hydroxylation sites is 1. The van der Waals surface area contributed by atoms with Crippen LogP contribution in [0.25, 0.3) is 10.9 Å². The number of halogens is 1. The van der Waals surface area contributed by atoms with E-state index in [4.69, 9.17) is 16.2 Å². The molecule has 2 aromatic heterocycles. The number of nitrogens with one attached hydrogen (secondary N) is 2. The number of benzene rings is 2. The molecule has 5 rings (SSSR count). The van der Waals surface area contributed by atoms with Gasteiger partial charge in [-0.15, -0.1) is 0 Å². The van der Waals surface area contributed by atoms with E-state index in [1.54, 1.807) is 6.20 Å². The summed E-state index contributed by atoms with van der Waals surface area (Å²) in [6, 6.07) is 11.3. The highest BCUT2D eigenvalue weighted by molar-refractivity contribution is 7.09. The highest BCUT2D eigenvalue weighted by atomic mass is 32.1. The molecule has 10 nitrogen and oxygen atoms in total. The number of nitrogens with two attached hydrogens (primary N) is 2. The van der Waals surface area contributed by atoms with Gasteiger partial charge in [-0.05, 0) is 54.7 Å². The van der Waals surface area contributed by atoms with Crippen LogP contribution in [0.5, 0.6) is 0 Å². The van der Waals surface area contributed by atoms with Crippen LogP contribution in [-0.2, 0) is 9.53 Å². The van der Waals surface area contributed by atoms with Crippen LogP contribution in [-0.4, -0.2) is 46.3 Å². The van der Waals surface area contributed by atoms with Crippen molar-refractivity contribution in [2.75, 3.05) is 23.8 Å². The van der Waals surface area contributed by atoms with Gasteiger partial charge in [-0.1, -0.05) is 18.2 Å². The minimum atomic E-state index is -1.19. The van der Waals surface area contributed by atoms with Gasteiger partial charge < -0.3 is 26.5 Å². The molecule has 38 heavy (non-hydrogen) atoms.